The van der Waals surface area contributed by atoms with Crippen LogP contribution in [0.1, 0.15) is 23.1 Å². The minimum absolute atomic E-state index is 0.0509. The first-order valence-corrected chi connectivity index (χ1v) is 11.5. The van der Waals surface area contributed by atoms with Crippen LogP contribution in [0.2, 0.25) is 0 Å². The molecule has 0 bridgehead atoms. The zero-order valence-corrected chi connectivity index (χ0v) is 19.5. The summed E-state index contributed by atoms with van der Waals surface area (Å²) in [6.45, 7) is 5.76. The van der Waals surface area contributed by atoms with Crippen molar-refractivity contribution in [2.75, 3.05) is 37.5 Å². The molecule has 9 nitrogen and oxygen atoms in total. The summed E-state index contributed by atoms with van der Waals surface area (Å²) >= 11 is 0. The van der Waals surface area contributed by atoms with Gasteiger partial charge in [-0.1, -0.05) is 23.8 Å². The number of hydrogen-bond donors (Lipinski definition) is 3. The van der Waals surface area contributed by atoms with Gasteiger partial charge in [0.1, 0.15) is 6.61 Å². The van der Waals surface area contributed by atoms with Crippen LogP contribution < -0.4 is 15.4 Å². The van der Waals surface area contributed by atoms with E-state index in [-0.39, 0.29) is 37.0 Å². The van der Waals surface area contributed by atoms with E-state index in [0.717, 1.165) is 5.56 Å². The Balaban J connectivity index is 1.89. The van der Waals surface area contributed by atoms with Crippen molar-refractivity contribution in [2.24, 2.45) is 0 Å². The SMILES string of the molecule is COCCOC(=O)Nc1cccc(NC(=O)CCNS(=O)(=O)c2c(C)cc(C)cc2C)c1. The van der Waals surface area contributed by atoms with E-state index in [1.165, 1.54) is 7.11 Å². The molecular weight excluding hydrogens is 434 g/mol. The predicted octanol–water partition coefficient (Wildman–Crippen LogP) is 3.11. The third-order valence-corrected chi connectivity index (χ3v) is 6.20. The molecule has 3 N–H and O–H groups in total. The summed E-state index contributed by atoms with van der Waals surface area (Å²) in [6.07, 6.45) is -0.693. The van der Waals surface area contributed by atoms with E-state index in [4.69, 9.17) is 9.47 Å². The van der Waals surface area contributed by atoms with Crippen molar-refractivity contribution in [1.82, 2.24) is 4.72 Å². The third kappa shape index (κ3) is 7.63. The summed E-state index contributed by atoms with van der Waals surface area (Å²) in [5.41, 5.74) is 3.20. The van der Waals surface area contributed by atoms with E-state index in [1.807, 2.05) is 19.1 Å². The molecule has 0 unspecified atom stereocenters. The first-order valence-electron chi connectivity index (χ1n) is 10.0. The van der Waals surface area contributed by atoms with Gasteiger partial charge in [-0.3, -0.25) is 10.1 Å². The van der Waals surface area contributed by atoms with Gasteiger partial charge >= 0.3 is 6.09 Å². The number of sulfonamides is 1. The van der Waals surface area contributed by atoms with Crippen molar-refractivity contribution in [3.8, 4) is 0 Å². The van der Waals surface area contributed by atoms with Crippen LogP contribution in [0.15, 0.2) is 41.3 Å². The Bertz CT molecular complexity index is 1050. The molecular formula is C22H29N3O6S. The van der Waals surface area contributed by atoms with E-state index >= 15 is 0 Å². The van der Waals surface area contributed by atoms with Gasteiger partial charge < -0.3 is 14.8 Å². The number of aryl methyl sites for hydroxylation is 3. The molecule has 32 heavy (non-hydrogen) atoms. The Kier molecular flexibility index (Phi) is 9.18. The predicted molar refractivity (Wildman–Crippen MR) is 122 cm³/mol. The van der Waals surface area contributed by atoms with Gasteiger partial charge in [-0.05, 0) is 50.1 Å². The minimum Gasteiger partial charge on any atom is -0.447 e. The summed E-state index contributed by atoms with van der Waals surface area (Å²) in [4.78, 5) is 24.2. The van der Waals surface area contributed by atoms with Gasteiger partial charge in [0.05, 0.1) is 11.5 Å². The van der Waals surface area contributed by atoms with Crippen LogP contribution in [0.4, 0.5) is 16.2 Å². The normalized spacial score (nSPS) is 11.1. The van der Waals surface area contributed by atoms with Gasteiger partial charge in [-0.15, -0.1) is 0 Å². The van der Waals surface area contributed by atoms with Crippen molar-refractivity contribution in [3.63, 3.8) is 0 Å². The number of rotatable bonds is 10. The second kappa shape index (κ2) is 11.6. The molecule has 0 heterocycles. The Morgan fingerprint density at radius 2 is 1.56 bits per heavy atom. The van der Waals surface area contributed by atoms with Crippen molar-refractivity contribution in [2.45, 2.75) is 32.1 Å². The molecule has 0 aromatic heterocycles. The summed E-state index contributed by atoms with van der Waals surface area (Å²) in [5.74, 6) is -0.370. The van der Waals surface area contributed by atoms with Crippen LogP contribution in [0, 0.1) is 20.8 Å². The molecule has 2 aromatic rings. The maximum absolute atomic E-state index is 12.7. The highest BCUT2D eigenvalue weighted by Crippen LogP contribution is 2.21. The number of carbonyl (C=O) groups is 2. The lowest BCUT2D eigenvalue weighted by atomic mass is 10.1. The van der Waals surface area contributed by atoms with Crippen molar-refractivity contribution < 1.29 is 27.5 Å². The van der Waals surface area contributed by atoms with E-state index in [1.54, 1.807) is 38.1 Å². The van der Waals surface area contributed by atoms with E-state index < -0.39 is 16.1 Å². The zero-order chi connectivity index (χ0) is 23.7. The lowest BCUT2D eigenvalue weighted by Gasteiger charge is -2.13. The van der Waals surface area contributed by atoms with Gasteiger partial charge in [0.25, 0.3) is 0 Å². The second-order valence-electron chi connectivity index (χ2n) is 7.26. The molecule has 10 heteroatoms. The molecule has 2 aromatic carbocycles. The fourth-order valence-corrected chi connectivity index (χ4v) is 4.71. The second-order valence-corrected chi connectivity index (χ2v) is 8.96. The first kappa shape index (κ1) is 25.3. The Morgan fingerprint density at radius 3 is 2.19 bits per heavy atom. The number of hydrogen-bond acceptors (Lipinski definition) is 6. The fourth-order valence-electron chi connectivity index (χ4n) is 3.23. The standard InChI is InChI=1S/C22H29N3O6S/c1-15-12-16(2)21(17(3)13-15)32(28,29)23-9-8-20(26)24-18-6-5-7-19(14-18)25-22(27)31-11-10-30-4/h5-7,12-14,23H,8-11H2,1-4H3,(H,24,26)(H,25,27). The summed E-state index contributed by atoms with van der Waals surface area (Å²) < 4.78 is 37.5. The van der Waals surface area contributed by atoms with Gasteiger partial charge in [-0.25, -0.2) is 17.9 Å². The summed E-state index contributed by atoms with van der Waals surface area (Å²) in [5, 5.41) is 5.23. The van der Waals surface area contributed by atoms with Gasteiger partial charge in [-0.2, -0.15) is 0 Å². The molecule has 0 atom stereocenters. The number of benzene rings is 2. The smallest absolute Gasteiger partial charge is 0.411 e. The maximum atomic E-state index is 12.7. The average molecular weight is 464 g/mol. The number of anilines is 2. The Labute approximate surface area is 188 Å². The average Bonchev–Trinajstić information content (AvgIpc) is 2.67. The van der Waals surface area contributed by atoms with E-state index in [9.17, 15) is 18.0 Å². The number of nitrogens with one attached hydrogen (secondary N) is 3. The molecule has 0 aliphatic rings. The van der Waals surface area contributed by atoms with Crippen molar-refractivity contribution in [3.05, 3.63) is 53.1 Å². The van der Waals surface area contributed by atoms with Crippen LogP contribution in [-0.2, 0) is 24.3 Å². The number of methoxy groups -OCH3 is 1. The molecule has 0 aliphatic carbocycles. The highest BCUT2D eigenvalue weighted by molar-refractivity contribution is 7.89. The number of amides is 2. The van der Waals surface area contributed by atoms with Gasteiger partial charge in [0.15, 0.2) is 0 Å². The van der Waals surface area contributed by atoms with Crippen LogP contribution >= 0.6 is 0 Å². The van der Waals surface area contributed by atoms with Gasteiger partial charge in [0, 0.05) is 31.5 Å². The lowest BCUT2D eigenvalue weighted by Crippen LogP contribution is -2.29. The maximum Gasteiger partial charge on any atom is 0.411 e. The quantitative estimate of drug-likeness (QED) is 0.465. The highest BCUT2D eigenvalue weighted by atomic mass is 32.2. The molecule has 2 rings (SSSR count). The topological polar surface area (TPSA) is 123 Å². The molecule has 2 amide bonds. The van der Waals surface area contributed by atoms with Crippen LogP contribution in [0.25, 0.3) is 0 Å². The van der Waals surface area contributed by atoms with Gasteiger partial charge in [0.2, 0.25) is 15.9 Å². The minimum atomic E-state index is -3.74. The Hall–Kier alpha value is -2.95. The molecule has 0 aliphatic heterocycles. The largest absolute Gasteiger partial charge is 0.447 e. The molecule has 0 saturated carbocycles. The number of carbonyl (C=O) groups excluding carboxylic acids is 2. The lowest BCUT2D eigenvalue weighted by molar-refractivity contribution is -0.116. The highest BCUT2D eigenvalue weighted by Gasteiger charge is 2.19. The first-order chi connectivity index (χ1) is 15.1. The van der Waals surface area contributed by atoms with E-state index in [2.05, 4.69) is 15.4 Å². The number of ether oxygens (including phenoxy) is 2. The summed E-state index contributed by atoms with van der Waals surface area (Å²) in [6, 6.07) is 10.1. The van der Waals surface area contributed by atoms with E-state index in [0.29, 0.717) is 22.5 Å². The molecule has 0 radical (unpaired) electrons. The molecule has 0 fully saturated rings. The monoisotopic (exact) mass is 463 g/mol. The Morgan fingerprint density at radius 1 is 0.938 bits per heavy atom. The molecule has 174 valence electrons. The fraction of sp³-hybridized carbons (Fsp3) is 0.364. The van der Waals surface area contributed by atoms with Crippen LogP contribution in [-0.4, -0.2) is 47.3 Å². The van der Waals surface area contributed by atoms with Crippen LogP contribution in [0.5, 0.6) is 0 Å². The van der Waals surface area contributed by atoms with Crippen molar-refractivity contribution >= 4 is 33.4 Å². The summed E-state index contributed by atoms with van der Waals surface area (Å²) in [7, 11) is -2.23. The van der Waals surface area contributed by atoms with Crippen molar-refractivity contribution in [1.29, 1.82) is 0 Å². The zero-order valence-electron chi connectivity index (χ0n) is 18.7. The third-order valence-electron chi connectivity index (χ3n) is 4.43. The molecule has 0 saturated heterocycles. The molecule has 0 spiro atoms. The van der Waals surface area contributed by atoms with Crippen LogP contribution in [0.3, 0.4) is 0 Å².